The van der Waals surface area contributed by atoms with Crippen LogP contribution in [0.4, 0.5) is 20.4 Å². The smallest absolute Gasteiger partial charge is 0.243 e. The Hall–Kier alpha value is -2.52. The van der Waals surface area contributed by atoms with Gasteiger partial charge in [-0.1, -0.05) is 24.5 Å². The Labute approximate surface area is 288 Å². The maximum absolute atomic E-state index is 15.2. The van der Waals surface area contributed by atoms with Crippen LogP contribution in [0.25, 0.3) is 22.3 Å². The van der Waals surface area contributed by atoms with Gasteiger partial charge in [-0.2, -0.15) is 0 Å². The van der Waals surface area contributed by atoms with Crippen LogP contribution in [-0.4, -0.2) is 112 Å². The van der Waals surface area contributed by atoms with Crippen molar-refractivity contribution in [2.75, 3.05) is 36.9 Å². The van der Waals surface area contributed by atoms with Gasteiger partial charge in [0.05, 0.1) is 25.9 Å². The summed E-state index contributed by atoms with van der Waals surface area (Å²) in [7, 11) is -5.56. The lowest BCUT2D eigenvalue weighted by Crippen LogP contribution is -2.31. The van der Waals surface area contributed by atoms with Crippen molar-refractivity contribution in [3.05, 3.63) is 25.3 Å². The Morgan fingerprint density at radius 3 is 1.55 bits per heavy atom. The highest BCUT2D eigenvalue weighted by atomic mass is 32.7. The molecule has 0 aliphatic carbocycles. The molecule has 4 aromatic heterocycles. The molecule has 4 N–H and O–H groups in total. The van der Waals surface area contributed by atoms with Crippen molar-refractivity contribution in [2.45, 2.75) is 68.5 Å². The highest BCUT2D eigenvalue weighted by Gasteiger charge is 2.49. The van der Waals surface area contributed by atoms with Crippen LogP contribution >= 0.6 is 39.0 Å². The van der Waals surface area contributed by atoms with Gasteiger partial charge in [0.25, 0.3) is 0 Å². The minimum atomic E-state index is -2.78. The Balaban J connectivity index is 1.00. The van der Waals surface area contributed by atoms with Crippen molar-refractivity contribution in [3.8, 4) is 0 Å². The lowest BCUT2D eigenvalue weighted by Gasteiger charge is -2.16. The number of anilines is 2. The third-order valence-electron chi connectivity index (χ3n) is 8.07. The van der Waals surface area contributed by atoms with Crippen LogP contribution in [0.2, 0.25) is 0 Å². The third kappa shape index (κ3) is 7.73. The van der Waals surface area contributed by atoms with Crippen molar-refractivity contribution in [1.82, 2.24) is 39.0 Å². The van der Waals surface area contributed by atoms with E-state index in [1.165, 1.54) is 34.4 Å². The maximum Gasteiger partial charge on any atom is 0.243 e. The second-order valence-electron chi connectivity index (χ2n) is 11.1. The fourth-order valence-corrected chi connectivity index (χ4v) is 7.58. The number of hydrogen-bond acceptors (Lipinski definition) is 16. The average Bonchev–Trinajstić information content (AvgIpc) is 3.85. The van der Waals surface area contributed by atoms with Crippen LogP contribution in [0.15, 0.2) is 25.3 Å². The van der Waals surface area contributed by atoms with Gasteiger partial charge in [0.2, 0.25) is 14.5 Å². The SMILES string of the molecule is O=[PH](S)OC1[C@@H](F)C(n2cnc3c(NCCCCCNc4ncnc5c4ncn5C4OC(CO)[C@@H](O[PH](=O)S)[C@H]4F)ncnc32)O[C@@H]1CO. The number of imidazole rings is 2. The predicted octanol–water partition coefficient (Wildman–Crippen LogP) is 2.53. The van der Waals surface area contributed by atoms with Gasteiger partial charge in [-0.05, 0) is 19.3 Å². The summed E-state index contributed by atoms with van der Waals surface area (Å²) < 4.78 is 77.7. The summed E-state index contributed by atoms with van der Waals surface area (Å²) >= 11 is 7.44. The molecular weight excluding hydrogens is 732 g/mol. The van der Waals surface area contributed by atoms with Crippen molar-refractivity contribution >= 4 is 72.9 Å². The number of nitrogens with zero attached hydrogens (tertiary/aromatic N) is 8. The van der Waals surface area contributed by atoms with E-state index in [-0.39, 0.29) is 0 Å². The summed E-state index contributed by atoms with van der Waals surface area (Å²) in [5.74, 6) is 0.900. The predicted molar refractivity (Wildman–Crippen MR) is 179 cm³/mol. The van der Waals surface area contributed by atoms with E-state index in [9.17, 15) is 19.3 Å². The number of ether oxygens (including phenoxy) is 2. The number of fused-ring (bicyclic) bond motifs is 2. The Kier molecular flexibility index (Phi) is 12.0. The topological polar surface area (TPSA) is 223 Å². The molecule has 6 rings (SSSR count). The molecule has 18 nitrogen and oxygen atoms in total. The molecule has 0 bridgehead atoms. The van der Waals surface area contributed by atoms with E-state index in [1.54, 1.807) is 0 Å². The number of nitrogens with one attached hydrogen (secondary N) is 2. The van der Waals surface area contributed by atoms with Gasteiger partial charge in [-0.15, -0.1) is 0 Å². The van der Waals surface area contributed by atoms with E-state index in [4.69, 9.17) is 18.5 Å². The van der Waals surface area contributed by atoms with E-state index >= 15 is 8.78 Å². The van der Waals surface area contributed by atoms with Gasteiger partial charge in [0.1, 0.15) is 37.1 Å². The standard InChI is InChI=1S/C25H34F2N10O8P2S2/c26-14-18(44-46(40)48)12(6-38)42-24(14)36-10-34-16-20(30-8-32-22(16)36)28-4-2-1-3-5-29-21-17-23(33-9-31-21)37(11-35-17)25-15(27)19(45-47(41)49)13(7-39)43-25/h8-15,18-19,24-25,38-39,46-47H,1-7H2,(H,40,48)(H,41,49)(H,28,30,32)(H,29,31,33)/t12-,13?,14-,15-,18?,19-,24?,25?/m1/s1. The summed E-state index contributed by atoms with van der Waals surface area (Å²) in [5.41, 5.74) is 1.41. The Morgan fingerprint density at radius 2 is 1.16 bits per heavy atom. The highest BCUT2D eigenvalue weighted by molar-refractivity contribution is 8.39. The summed E-state index contributed by atoms with van der Waals surface area (Å²) in [5, 5.41) is 25.7. The second kappa shape index (κ2) is 16.2. The van der Waals surface area contributed by atoms with E-state index in [0.717, 1.165) is 19.3 Å². The van der Waals surface area contributed by atoms with Crippen molar-refractivity contribution < 1.29 is 46.6 Å². The molecule has 0 aromatic carbocycles. The second-order valence-corrected chi connectivity index (χ2v) is 14.8. The fraction of sp³-hybridized carbons (Fsp3) is 0.600. The summed E-state index contributed by atoms with van der Waals surface area (Å²) in [6, 6.07) is 0. The number of hydrogen-bond donors (Lipinski definition) is 6. The van der Waals surface area contributed by atoms with Gasteiger partial charge in [0, 0.05) is 13.1 Å². The number of unbranched alkanes of at least 4 members (excludes halogenated alkanes) is 2. The molecule has 2 aliphatic rings. The molecule has 4 aromatic rings. The maximum atomic E-state index is 15.2. The number of aliphatic hydroxyl groups excluding tert-OH is 2. The molecule has 10 atom stereocenters. The largest absolute Gasteiger partial charge is 0.394 e. The van der Waals surface area contributed by atoms with Gasteiger partial charge >= 0.3 is 0 Å². The molecular formula is C25H34F2N10O8P2S2. The van der Waals surface area contributed by atoms with Crippen molar-refractivity contribution in [1.29, 1.82) is 0 Å². The molecule has 49 heavy (non-hydrogen) atoms. The number of alkyl halides is 2. The van der Waals surface area contributed by atoms with Crippen LogP contribution in [0.3, 0.4) is 0 Å². The van der Waals surface area contributed by atoms with Gasteiger partial charge in [-0.25, -0.2) is 38.7 Å². The zero-order valence-electron chi connectivity index (χ0n) is 25.4. The van der Waals surface area contributed by atoms with E-state index in [0.29, 0.717) is 47.1 Å². The average molecular weight is 767 g/mol. The van der Waals surface area contributed by atoms with Crippen LogP contribution in [0.5, 0.6) is 0 Å². The molecule has 6 heterocycles. The first-order chi connectivity index (χ1) is 23.7. The van der Waals surface area contributed by atoms with Crippen LogP contribution < -0.4 is 10.6 Å². The summed E-state index contributed by atoms with van der Waals surface area (Å²) in [4.78, 5) is 25.7. The quantitative estimate of drug-likeness (QED) is 0.0548. The molecule has 6 unspecified atom stereocenters. The summed E-state index contributed by atoms with van der Waals surface area (Å²) in [6.07, 6.45) is -2.82. The highest BCUT2D eigenvalue weighted by Crippen LogP contribution is 2.42. The van der Waals surface area contributed by atoms with Crippen LogP contribution in [0, 0.1) is 0 Å². The van der Waals surface area contributed by atoms with Gasteiger partial charge in [0.15, 0.2) is 58.8 Å². The first-order valence-electron chi connectivity index (χ1n) is 15.1. The van der Waals surface area contributed by atoms with Gasteiger partial charge in [-0.3, -0.25) is 18.3 Å². The lowest BCUT2D eigenvalue weighted by atomic mass is 10.1. The van der Waals surface area contributed by atoms with E-state index < -0.39 is 76.9 Å². The van der Waals surface area contributed by atoms with Crippen LogP contribution in [0.1, 0.15) is 31.7 Å². The molecule has 0 amide bonds. The normalized spacial score (nSPS) is 28.4. The van der Waals surface area contributed by atoms with Crippen molar-refractivity contribution in [2.24, 2.45) is 0 Å². The lowest BCUT2D eigenvalue weighted by molar-refractivity contribution is -0.0427. The molecule has 0 saturated carbocycles. The molecule has 24 heteroatoms. The minimum absolute atomic E-state index is 0.307. The number of halogens is 2. The third-order valence-corrected chi connectivity index (χ3v) is 9.65. The van der Waals surface area contributed by atoms with E-state index in [2.05, 4.69) is 65.0 Å². The zero-order chi connectivity index (χ0) is 34.7. The number of aliphatic hydroxyl groups is 2. The molecule has 2 fully saturated rings. The van der Waals surface area contributed by atoms with E-state index in [1.807, 2.05) is 0 Å². The number of rotatable bonds is 16. The fourth-order valence-electron chi connectivity index (χ4n) is 5.82. The first-order valence-corrected chi connectivity index (χ1v) is 20.4. The first kappa shape index (κ1) is 36.3. The monoisotopic (exact) mass is 766 g/mol. The Bertz CT molecular complexity index is 1670. The number of thiol groups is 2. The minimum Gasteiger partial charge on any atom is -0.394 e. The molecule has 268 valence electrons. The molecule has 2 aliphatic heterocycles. The Morgan fingerprint density at radius 1 is 0.735 bits per heavy atom. The molecule has 0 radical (unpaired) electrons. The van der Waals surface area contributed by atoms with Crippen LogP contribution in [-0.2, 0) is 27.7 Å². The van der Waals surface area contributed by atoms with Crippen molar-refractivity contribution in [3.63, 3.8) is 0 Å². The molecule has 2 saturated heterocycles. The van der Waals surface area contributed by atoms with Gasteiger partial charge < -0.3 is 39.4 Å². The zero-order valence-corrected chi connectivity index (χ0v) is 29.2. The number of aromatic nitrogens is 8. The summed E-state index contributed by atoms with van der Waals surface area (Å²) in [6.45, 7) is 0.0363. The molecule has 0 spiro atoms.